The van der Waals surface area contributed by atoms with Crippen LogP contribution in [0.2, 0.25) is 0 Å². The number of rotatable bonds is 8. The van der Waals surface area contributed by atoms with E-state index >= 15 is 0 Å². The first kappa shape index (κ1) is 13.5. The van der Waals surface area contributed by atoms with Crippen molar-refractivity contribution in [3.63, 3.8) is 0 Å². The van der Waals surface area contributed by atoms with Crippen LogP contribution in [0.4, 0.5) is 11.6 Å². The number of carboxylic acid groups (broad SMARTS) is 1. The maximum absolute atomic E-state index is 10.7. The zero-order valence-corrected chi connectivity index (χ0v) is 10.8. The summed E-state index contributed by atoms with van der Waals surface area (Å²) in [6.45, 7) is 1.47. The number of ether oxygens (including phenoxy) is 1. The molecule has 0 spiro atoms. The number of aromatic nitrogens is 2. The Labute approximate surface area is 111 Å². The van der Waals surface area contributed by atoms with Crippen LogP contribution < -0.4 is 10.6 Å². The summed E-state index contributed by atoms with van der Waals surface area (Å²) in [6.07, 6.45) is 3.00. The molecule has 2 rings (SSSR count). The largest absolute Gasteiger partial charge is 0.481 e. The molecule has 1 aliphatic rings. The zero-order valence-electron chi connectivity index (χ0n) is 10.8. The fourth-order valence-corrected chi connectivity index (χ4v) is 1.78. The predicted octanol–water partition coefficient (Wildman–Crippen LogP) is 0.810. The topological polar surface area (TPSA) is 96.4 Å². The average Bonchev–Trinajstić information content (AvgIpc) is 3.15. The molecule has 0 radical (unpaired) electrons. The second-order valence-electron chi connectivity index (χ2n) is 4.49. The van der Waals surface area contributed by atoms with Crippen molar-refractivity contribution < 1.29 is 14.6 Å². The molecular formula is C12H18N4O3. The third kappa shape index (κ3) is 4.06. The number of anilines is 2. The summed E-state index contributed by atoms with van der Waals surface area (Å²) in [5.74, 6) is 0.316. The molecule has 0 aliphatic heterocycles. The van der Waals surface area contributed by atoms with Gasteiger partial charge in [-0.2, -0.15) is 0 Å². The van der Waals surface area contributed by atoms with Gasteiger partial charge in [0.05, 0.1) is 5.92 Å². The lowest BCUT2D eigenvalue weighted by molar-refractivity contribution is -0.138. The van der Waals surface area contributed by atoms with E-state index in [1.54, 1.807) is 13.2 Å². The molecule has 1 aliphatic carbocycles. The van der Waals surface area contributed by atoms with Crippen LogP contribution in [0, 0.1) is 5.92 Å². The third-order valence-electron chi connectivity index (χ3n) is 2.94. The highest BCUT2D eigenvalue weighted by Crippen LogP contribution is 2.33. The van der Waals surface area contributed by atoms with Gasteiger partial charge in [-0.15, -0.1) is 0 Å². The van der Waals surface area contributed by atoms with Gasteiger partial charge < -0.3 is 20.5 Å². The zero-order chi connectivity index (χ0) is 13.7. The highest BCUT2D eigenvalue weighted by molar-refractivity contribution is 5.75. The van der Waals surface area contributed by atoms with Crippen molar-refractivity contribution in [1.82, 2.24) is 9.97 Å². The Morgan fingerprint density at radius 3 is 3.00 bits per heavy atom. The third-order valence-corrected chi connectivity index (χ3v) is 2.94. The van der Waals surface area contributed by atoms with Crippen LogP contribution in [0.15, 0.2) is 12.4 Å². The predicted molar refractivity (Wildman–Crippen MR) is 70.2 cm³/mol. The number of hydrogen-bond donors (Lipinski definition) is 3. The van der Waals surface area contributed by atoms with Crippen molar-refractivity contribution >= 4 is 17.6 Å². The molecule has 0 bridgehead atoms. The molecule has 7 nitrogen and oxygen atoms in total. The number of carbonyl (C=O) groups is 1. The number of aliphatic carboxylic acids is 1. The van der Waals surface area contributed by atoms with E-state index < -0.39 is 5.97 Å². The van der Waals surface area contributed by atoms with Gasteiger partial charge in [0.2, 0.25) is 0 Å². The molecule has 1 aromatic rings. The average molecular weight is 266 g/mol. The molecule has 1 saturated carbocycles. The molecule has 7 heteroatoms. The highest BCUT2D eigenvalue weighted by atomic mass is 16.5. The van der Waals surface area contributed by atoms with Crippen LogP contribution in [0.25, 0.3) is 0 Å². The second kappa shape index (κ2) is 6.33. The number of hydrogen-bond acceptors (Lipinski definition) is 6. The first-order chi connectivity index (χ1) is 9.20. The molecule has 1 heterocycles. The Hall–Kier alpha value is -1.89. The SMILES string of the molecule is COCCCNc1cc(NC2CC2C(=O)O)ncn1. The summed E-state index contributed by atoms with van der Waals surface area (Å²) < 4.78 is 4.96. The summed E-state index contributed by atoms with van der Waals surface area (Å²) in [4.78, 5) is 18.9. The van der Waals surface area contributed by atoms with Crippen LogP contribution >= 0.6 is 0 Å². The molecule has 1 fully saturated rings. The van der Waals surface area contributed by atoms with E-state index in [0.29, 0.717) is 18.8 Å². The van der Waals surface area contributed by atoms with Gasteiger partial charge in [-0.05, 0) is 12.8 Å². The maximum atomic E-state index is 10.7. The van der Waals surface area contributed by atoms with E-state index in [4.69, 9.17) is 9.84 Å². The van der Waals surface area contributed by atoms with Gasteiger partial charge in [0, 0.05) is 32.4 Å². The Morgan fingerprint density at radius 1 is 1.53 bits per heavy atom. The van der Waals surface area contributed by atoms with E-state index in [1.165, 1.54) is 6.33 Å². The normalized spacial score (nSPS) is 20.9. The van der Waals surface area contributed by atoms with Crippen molar-refractivity contribution in [3.05, 3.63) is 12.4 Å². The number of nitrogens with one attached hydrogen (secondary N) is 2. The molecular weight excluding hydrogens is 248 g/mol. The van der Waals surface area contributed by atoms with E-state index in [0.717, 1.165) is 18.8 Å². The Balaban J connectivity index is 1.80. The number of nitrogens with zero attached hydrogens (tertiary/aromatic N) is 2. The molecule has 2 atom stereocenters. The smallest absolute Gasteiger partial charge is 0.308 e. The lowest BCUT2D eigenvalue weighted by atomic mass is 10.4. The summed E-state index contributed by atoms with van der Waals surface area (Å²) >= 11 is 0. The molecule has 0 amide bonds. The molecule has 2 unspecified atom stereocenters. The van der Waals surface area contributed by atoms with Crippen LogP contribution in [-0.2, 0) is 9.53 Å². The van der Waals surface area contributed by atoms with Gasteiger partial charge in [-0.1, -0.05) is 0 Å². The van der Waals surface area contributed by atoms with Crippen molar-refractivity contribution in [2.24, 2.45) is 5.92 Å². The molecule has 1 aromatic heterocycles. The van der Waals surface area contributed by atoms with Crippen molar-refractivity contribution in [3.8, 4) is 0 Å². The van der Waals surface area contributed by atoms with Gasteiger partial charge in [0.1, 0.15) is 18.0 Å². The summed E-state index contributed by atoms with van der Waals surface area (Å²) in [5, 5.41) is 15.1. The molecule has 19 heavy (non-hydrogen) atoms. The van der Waals surface area contributed by atoms with Gasteiger partial charge in [-0.3, -0.25) is 4.79 Å². The van der Waals surface area contributed by atoms with Crippen molar-refractivity contribution in [1.29, 1.82) is 0 Å². The minimum Gasteiger partial charge on any atom is -0.481 e. The van der Waals surface area contributed by atoms with E-state index in [1.807, 2.05) is 0 Å². The van der Waals surface area contributed by atoms with Crippen LogP contribution in [0.1, 0.15) is 12.8 Å². The lowest BCUT2D eigenvalue weighted by Gasteiger charge is -2.07. The molecule has 0 aromatic carbocycles. The van der Waals surface area contributed by atoms with E-state index in [2.05, 4.69) is 20.6 Å². The van der Waals surface area contributed by atoms with Crippen LogP contribution in [-0.4, -0.2) is 47.3 Å². The first-order valence-electron chi connectivity index (χ1n) is 6.25. The quantitative estimate of drug-likeness (QED) is 0.599. The monoisotopic (exact) mass is 266 g/mol. The minimum absolute atomic E-state index is 0.0197. The standard InChI is InChI=1S/C12H18N4O3/c1-19-4-2-3-13-10-6-11(15-7-14-10)16-9-5-8(9)12(17)18/h6-9H,2-5H2,1H3,(H,17,18)(H2,13,14,15,16). The van der Waals surface area contributed by atoms with Crippen molar-refractivity contribution in [2.75, 3.05) is 30.9 Å². The van der Waals surface area contributed by atoms with Gasteiger partial charge in [0.25, 0.3) is 0 Å². The summed E-state index contributed by atoms with van der Waals surface area (Å²) in [5.41, 5.74) is 0. The minimum atomic E-state index is -0.760. The Bertz CT molecular complexity index is 441. The maximum Gasteiger partial charge on any atom is 0.308 e. The van der Waals surface area contributed by atoms with Crippen molar-refractivity contribution in [2.45, 2.75) is 18.9 Å². The van der Waals surface area contributed by atoms with Gasteiger partial charge in [-0.25, -0.2) is 9.97 Å². The number of methoxy groups -OCH3 is 1. The molecule has 0 saturated heterocycles. The molecule has 3 N–H and O–H groups in total. The van der Waals surface area contributed by atoms with Gasteiger partial charge >= 0.3 is 5.97 Å². The fourth-order valence-electron chi connectivity index (χ4n) is 1.78. The van der Waals surface area contributed by atoms with Crippen LogP contribution in [0.5, 0.6) is 0 Å². The first-order valence-corrected chi connectivity index (χ1v) is 6.25. The fraction of sp³-hybridized carbons (Fsp3) is 0.583. The summed E-state index contributed by atoms with van der Waals surface area (Å²) in [6, 6.07) is 1.76. The highest BCUT2D eigenvalue weighted by Gasteiger charge is 2.43. The second-order valence-corrected chi connectivity index (χ2v) is 4.49. The van der Waals surface area contributed by atoms with E-state index in [9.17, 15) is 4.79 Å². The molecule has 104 valence electrons. The number of carboxylic acids is 1. The van der Waals surface area contributed by atoms with Gasteiger partial charge in [0.15, 0.2) is 0 Å². The van der Waals surface area contributed by atoms with E-state index in [-0.39, 0.29) is 12.0 Å². The lowest BCUT2D eigenvalue weighted by Crippen LogP contribution is -2.12. The Morgan fingerprint density at radius 2 is 2.32 bits per heavy atom. The van der Waals surface area contributed by atoms with Crippen LogP contribution in [0.3, 0.4) is 0 Å². The Kier molecular flexibility index (Phi) is 4.51. The summed E-state index contributed by atoms with van der Waals surface area (Å²) in [7, 11) is 1.67.